The summed E-state index contributed by atoms with van der Waals surface area (Å²) in [4.78, 5) is 43.8. The Morgan fingerprint density at radius 1 is 1.12 bits per heavy atom. The first kappa shape index (κ1) is 28.4. The highest BCUT2D eigenvalue weighted by Gasteiger charge is 2.29. The zero-order chi connectivity index (χ0) is 28.9. The van der Waals surface area contributed by atoms with Crippen molar-refractivity contribution < 1.29 is 29.0 Å². The predicted molar refractivity (Wildman–Crippen MR) is 154 cm³/mol. The number of amides is 1. The molecule has 41 heavy (non-hydrogen) atoms. The van der Waals surface area contributed by atoms with Gasteiger partial charge in [0.15, 0.2) is 0 Å². The number of methoxy groups -OCH3 is 1. The van der Waals surface area contributed by atoms with Crippen LogP contribution in [-0.4, -0.2) is 53.7 Å². The van der Waals surface area contributed by atoms with Gasteiger partial charge in [-0.25, -0.2) is 4.79 Å². The summed E-state index contributed by atoms with van der Waals surface area (Å²) >= 11 is 6.35. The zero-order valence-corrected chi connectivity index (χ0v) is 23.2. The van der Waals surface area contributed by atoms with Gasteiger partial charge in [-0.15, -0.1) is 0 Å². The van der Waals surface area contributed by atoms with Gasteiger partial charge in [0.05, 0.1) is 30.7 Å². The van der Waals surface area contributed by atoms with Crippen LogP contribution < -0.4 is 15.6 Å². The molecule has 2 aromatic carbocycles. The van der Waals surface area contributed by atoms with Gasteiger partial charge in [-0.1, -0.05) is 22.8 Å². The van der Waals surface area contributed by atoms with Crippen molar-refractivity contribution in [2.24, 2.45) is 5.16 Å². The molecule has 0 spiro atoms. The fourth-order valence-corrected chi connectivity index (χ4v) is 5.31. The Hall–Kier alpha value is -4.15. The summed E-state index contributed by atoms with van der Waals surface area (Å²) in [6.45, 7) is 1.06. The molecule has 3 aromatic rings. The smallest absolute Gasteiger partial charge is 0.335 e. The summed E-state index contributed by atoms with van der Waals surface area (Å²) in [6.07, 6.45) is 4.92. The predicted octanol–water partition coefficient (Wildman–Crippen LogP) is 5.14. The second-order valence-electron chi connectivity index (χ2n) is 9.92. The Labute approximate surface area is 241 Å². The van der Waals surface area contributed by atoms with Crippen molar-refractivity contribution in [1.29, 1.82) is 0 Å². The summed E-state index contributed by atoms with van der Waals surface area (Å²) in [5, 5.41) is 16.6. The maximum atomic E-state index is 13.7. The number of anilines is 1. The third-order valence-corrected chi connectivity index (χ3v) is 7.48. The van der Waals surface area contributed by atoms with Crippen molar-refractivity contribution in [3.63, 3.8) is 0 Å². The number of carbonyl (C=O) groups excluding carboxylic acids is 1. The molecule has 2 aliphatic heterocycles. The zero-order valence-electron chi connectivity index (χ0n) is 22.5. The van der Waals surface area contributed by atoms with E-state index in [0.29, 0.717) is 47.2 Å². The van der Waals surface area contributed by atoms with Crippen LogP contribution in [0.4, 0.5) is 5.69 Å². The number of benzene rings is 2. The second kappa shape index (κ2) is 12.6. The molecule has 2 N–H and O–H groups in total. The van der Waals surface area contributed by atoms with Crippen LogP contribution in [0.15, 0.2) is 64.7 Å². The summed E-state index contributed by atoms with van der Waals surface area (Å²) in [6, 6.07) is 11.7. The Bertz CT molecular complexity index is 1530. The monoisotopic (exact) mass is 579 g/mol. The van der Waals surface area contributed by atoms with Crippen LogP contribution in [0.3, 0.4) is 0 Å². The fourth-order valence-electron chi connectivity index (χ4n) is 5.14. The maximum Gasteiger partial charge on any atom is 0.335 e. The minimum atomic E-state index is -1.07. The number of rotatable bonds is 9. The first-order chi connectivity index (χ1) is 19.8. The molecule has 1 amide bonds. The van der Waals surface area contributed by atoms with Crippen molar-refractivity contribution >= 4 is 34.9 Å². The van der Waals surface area contributed by atoms with Crippen molar-refractivity contribution in [3.05, 3.63) is 81.2 Å². The molecular weight excluding hydrogens is 550 g/mol. The number of nitrogens with zero attached hydrogens (tertiary/aromatic N) is 2. The van der Waals surface area contributed by atoms with Gasteiger partial charge < -0.3 is 24.7 Å². The van der Waals surface area contributed by atoms with Gasteiger partial charge in [0, 0.05) is 47.4 Å². The molecule has 1 aromatic heterocycles. The van der Waals surface area contributed by atoms with Crippen molar-refractivity contribution in [1.82, 2.24) is 4.57 Å². The van der Waals surface area contributed by atoms with Crippen LogP contribution in [0.1, 0.15) is 54.1 Å². The molecular formula is C30H30ClN3O7. The molecule has 10 nitrogen and oxygen atoms in total. The van der Waals surface area contributed by atoms with Gasteiger partial charge in [-0.2, -0.15) is 0 Å². The van der Waals surface area contributed by atoms with E-state index in [1.165, 1.54) is 48.2 Å². The number of carboxylic acids is 1. The molecule has 2 aliphatic rings. The molecule has 2 atom stereocenters. The average molecular weight is 580 g/mol. The number of carbonyl (C=O) groups is 2. The van der Waals surface area contributed by atoms with E-state index in [-0.39, 0.29) is 18.1 Å². The van der Waals surface area contributed by atoms with Gasteiger partial charge in [-0.05, 0) is 61.2 Å². The number of pyridine rings is 1. The van der Waals surface area contributed by atoms with E-state index >= 15 is 0 Å². The van der Waals surface area contributed by atoms with E-state index in [4.69, 9.17) is 25.9 Å². The number of aromatic carboxylic acids is 1. The Kier molecular flexibility index (Phi) is 8.70. The number of ether oxygens (including phenoxy) is 2. The fraction of sp³-hybridized carbons (Fsp3) is 0.333. The first-order valence-electron chi connectivity index (χ1n) is 13.4. The lowest BCUT2D eigenvalue weighted by molar-refractivity contribution is -0.121. The largest absolute Gasteiger partial charge is 0.495 e. The molecule has 0 bridgehead atoms. The van der Waals surface area contributed by atoms with Crippen molar-refractivity contribution in [2.75, 3.05) is 25.6 Å². The number of aromatic nitrogens is 1. The van der Waals surface area contributed by atoms with E-state index < -0.39 is 23.5 Å². The average Bonchev–Trinajstić information content (AvgIpc) is 3.51. The molecule has 0 aliphatic carbocycles. The lowest BCUT2D eigenvalue weighted by Gasteiger charge is -2.28. The molecule has 0 radical (unpaired) electrons. The highest BCUT2D eigenvalue weighted by Crippen LogP contribution is 2.35. The van der Waals surface area contributed by atoms with Crippen LogP contribution in [0.5, 0.6) is 5.75 Å². The number of nitrogens with one attached hydrogen (secondary N) is 1. The molecule has 1 unspecified atom stereocenters. The highest BCUT2D eigenvalue weighted by atomic mass is 35.5. The molecule has 1 saturated heterocycles. The lowest BCUT2D eigenvalue weighted by Crippen LogP contribution is -2.36. The standard InChI is InChI=1S/C30H30ClN3O7/c1-39-27-17-34(28(35)16-24(27)23-14-19(31)7-10-22(23)25-11-13-41-33-25)26(15-21-4-2-3-12-40-21)29(36)32-20-8-5-18(6-9-20)30(37)38/h5-10,14,16-17,21,26H,2-4,11-13,15H2,1H3,(H,32,36)(H,37,38)/t21-,26?/m1/s1. The van der Waals surface area contributed by atoms with Crippen LogP contribution in [-0.2, 0) is 14.4 Å². The SMILES string of the molecule is COc1cn(C(C[C@H]2CCCCO2)C(=O)Nc2ccc(C(=O)O)cc2)c(=O)cc1-c1cc(Cl)ccc1C1=NOCC1. The van der Waals surface area contributed by atoms with E-state index in [2.05, 4.69) is 10.5 Å². The number of oxime groups is 1. The summed E-state index contributed by atoms with van der Waals surface area (Å²) < 4.78 is 13.0. The van der Waals surface area contributed by atoms with Crippen LogP contribution in [0, 0.1) is 0 Å². The number of halogens is 1. The second-order valence-corrected chi connectivity index (χ2v) is 10.4. The molecule has 3 heterocycles. The van der Waals surface area contributed by atoms with Crippen LogP contribution in [0.2, 0.25) is 5.02 Å². The van der Waals surface area contributed by atoms with E-state index in [1.807, 2.05) is 6.07 Å². The topological polar surface area (TPSA) is 128 Å². The number of carboxylic acid groups (broad SMARTS) is 1. The quantitative estimate of drug-likeness (QED) is 0.359. The van der Waals surface area contributed by atoms with Crippen molar-refractivity contribution in [2.45, 2.75) is 44.2 Å². The minimum Gasteiger partial charge on any atom is -0.495 e. The van der Waals surface area contributed by atoms with Crippen molar-refractivity contribution in [3.8, 4) is 16.9 Å². The molecule has 214 valence electrons. The van der Waals surface area contributed by atoms with Gasteiger partial charge >= 0.3 is 5.97 Å². The number of hydrogen-bond acceptors (Lipinski definition) is 7. The summed E-state index contributed by atoms with van der Waals surface area (Å²) in [5.41, 5.74) is 2.79. The Balaban J connectivity index is 1.53. The normalized spacial score (nSPS) is 17.3. The molecule has 1 fully saturated rings. The Morgan fingerprint density at radius 2 is 1.93 bits per heavy atom. The van der Waals surface area contributed by atoms with Gasteiger partial charge in [0.2, 0.25) is 5.91 Å². The first-order valence-corrected chi connectivity index (χ1v) is 13.8. The number of hydrogen-bond donors (Lipinski definition) is 2. The van der Waals surface area contributed by atoms with E-state index in [9.17, 15) is 19.5 Å². The summed E-state index contributed by atoms with van der Waals surface area (Å²) in [7, 11) is 1.50. The van der Waals surface area contributed by atoms with Crippen LogP contribution in [0.25, 0.3) is 11.1 Å². The third kappa shape index (κ3) is 6.44. The lowest BCUT2D eigenvalue weighted by atomic mass is 9.95. The third-order valence-electron chi connectivity index (χ3n) is 7.25. The van der Waals surface area contributed by atoms with Gasteiger partial charge in [0.1, 0.15) is 18.4 Å². The minimum absolute atomic E-state index is 0.0993. The molecule has 0 saturated carbocycles. The molecule has 5 rings (SSSR count). The summed E-state index contributed by atoms with van der Waals surface area (Å²) in [5.74, 6) is -1.12. The Morgan fingerprint density at radius 3 is 2.59 bits per heavy atom. The van der Waals surface area contributed by atoms with E-state index in [0.717, 1.165) is 30.5 Å². The van der Waals surface area contributed by atoms with Gasteiger partial charge in [0.25, 0.3) is 5.56 Å². The molecule has 11 heteroatoms. The van der Waals surface area contributed by atoms with Crippen LogP contribution >= 0.6 is 11.6 Å². The van der Waals surface area contributed by atoms with E-state index in [1.54, 1.807) is 12.1 Å². The highest BCUT2D eigenvalue weighted by molar-refractivity contribution is 6.31. The van der Waals surface area contributed by atoms with Gasteiger partial charge in [-0.3, -0.25) is 14.2 Å². The maximum absolute atomic E-state index is 13.7.